The molecule has 3 aliphatic rings. The van der Waals surface area contributed by atoms with E-state index in [-0.39, 0.29) is 17.4 Å². The number of nitriles is 1. The maximum Gasteiger partial charge on any atom is 0.256 e. The molecule has 1 saturated heterocycles. The summed E-state index contributed by atoms with van der Waals surface area (Å²) in [6.07, 6.45) is 6.01. The molecule has 198 valence electrons. The average Bonchev–Trinajstić information content (AvgIpc) is 3.32. The summed E-state index contributed by atoms with van der Waals surface area (Å²) < 4.78 is 30.1. The molecule has 0 radical (unpaired) electrons. The van der Waals surface area contributed by atoms with Crippen molar-refractivity contribution in [1.29, 1.82) is 5.26 Å². The van der Waals surface area contributed by atoms with Gasteiger partial charge >= 0.3 is 0 Å². The maximum absolute atomic E-state index is 13.2. The van der Waals surface area contributed by atoms with Crippen LogP contribution in [0.1, 0.15) is 50.2 Å². The van der Waals surface area contributed by atoms with Crippen molar-refractivity contribution in [3.63, 3.8) is 0 Å². The highest BCUT2D eigenvalue weighted by atomic mass is 32.2. The molecule has 1 aromatic carbocycles. The van der Waals surface area contributed by atoms with E-state index in [4.69, 9.17) is 15.1 Å². The summed E-state index contributed by atoms with van der Waals surface area (Å²) >= 11 is 1.42. The smallest absolute Gasteiger partial charge is 0.256 e. The third kappa shape index (κ3) is 4.01. The molecule has 38 heavy (non-hydrogen) atoms. The number of hydrogen-bond acceptors (Lipinski definition) is 9. The van der Waals surface area contributed by atoms with Crippen molar-refractivity contribution >= 4 is 32.8 Å². The van der Waals surface area contributed by atoms with Crippen LogP contribution in [0.4, 0.5) is 5.69 Å². The van der Waals surface area contributed by atoms with E-state index >= 15 is 0 Å². The summed E-state index contributed by atoms with van der Waals surface area (Å²) in [6.45, 7) is 0.926. The molecule has 3 heterocycles. The molecule has 3 fully saturated rings. The van der Waals surface area contributed by atoms with Crippen molar-refractivity contribution in [2.24, 2.45) is 16.6 Å². The van der Waals surface area contributed by atoms with Crippen LogP contribution in [-0.2, 0) is 14.6 Å². The summed E-state index contributed by atoms with van der Waals surface area (Å²) in [5, 5.41) is 12.7. The summed E-state index contributed by atoms with van der Waals surface area (Å²) in [7, 11) is -2.97. The van der Waals surface area contributed by atoms with Crippen molar-refractivity contribution in [3.8, 4) is 28.2 Å². The van der Waals surface area contributed by atoms with Gasteiger partial charge in [0.05, 0.1) is 28.4 Å². The fraction of sp³-hybridized carbons (Fsp3) is 0.481. The third-order valence-corrected chi connectivity index (χ3v) is 11.0. The highest BCUT2D eigenvalue weighted by molar-refractivity contribution is 7.91. The molecule has 2 aliphatic carbocycles. The van der Waals surface area contributed by atoms with Crippen LogP contribution >= 0.6 is 11.3 Å². The number of nitrogens with zero attached hydrogens (tertiary/aromatic N) is 4. The second kappa shape index (κ2) is 9.20. The highest BCUT2D eigenvalue weighted by Gasteiger charge is 2.67. The minimum absolute atomic E-state index is 0.150. The number of carbonyl (C=O) groups excluding carboxylic acids is 1. The van der Waals surface area contributed by atoms with Gasteiger partial charge in [-0.3, -0.25) is 4.79 Å². The Morgan fingerprint density at radius 3 is 2.50 bits per heavy atom. The molecule has 1 aliphatic heterocycles. The Bertz CT molecular complexity index is 1490. The van der Waals surface area contributed by atoms with E-state index in [1.807, 2.05) is 29.6 Å². The fourth-order valence-electron chi connectivity index (χ4n) is 6.41. The molecule has 9 nitrogen and oxygen atoms in total. The van der Waals surface area contributed by atoms with E-state index in [1.165, 1.54) is 11.3 Å². The quantitative estimate of drug-likeness (QED) is 0.482. The summed E-state index contributed by atoms with van der Waals surface area (Å²) in [5.41, 5.74) is 6.76. The molecular formula is C27H29N5O4S2. The van der Waals surface area contributed by atoms with Crippen molar-refractivity contribution in [2.45, 2.75) is 44.4 Å². The second-order valence-corrected chi connectivity index (χ2v) is 13.8. The van der Waals surface area contributed by atoms with Gasteiger partial charge in [-0.15, -0.1) is 11.3 Å². The topological polar surface area (TPSA) is 143 Å². The van der Waals surface area contributed by atoms with Gasteiger partial charge in [0.1, 0.15) is 11.5 Å². The van der Waals surface area contributed by atoms with Gasteiger partial charge in [0.2, 0.25) is 5.91 Å². The molecular weight excluding hydrogens is 522 g/mol. The number of nitrogens with two attached hydrogens (primary N) is 1. The molecule has 2 aromatic heterocycles. The molecule has 6 rings (SSSR count). The summed E-state index contributed by atoms with van der Waals surface area (Å²) in [4.78, 5) is 24.5. The SMILES string of the molecule is N#CC1(C2(C(N)=O)CCCCC2c2oc(-c3nccs3)nc2-c2ccc(N3CCS(=O)(=O)CC3)cc2)CC1. The average molecular weight is 552 g/mol. The molecule has 2 atom stereocenters. The summed E-state index contributed by atoms with van der Waals surface area (Å²) in [6, 6.07) is 10.3. The van der Waals surface area contributed by atoms with E-state index in [1.54, 1.807) is 6.20 Å². The van der Waals surface area contributed by atoms with Gasteiger partial charge in [-0.25, -0.2) is 18.4 Å². The van der Waals surface area contributed by atoms with Gasteiger partial charge < -0.3 is 15.1 Å². The number of hydrogen-bond donors (Lipinski definition) is 1. The zero-order valence-electron chi connectivity index (χ0n) is 20.9. The standard InChI is InChI=1S/C27H29N5O4S2/c28-17-26(9-10-26)27(25(29)33)8-2-1-3-20(27)22-21(31-23(36-22)24-30-11-14-37-24)18-4-6-19(7-5-18)32-12-15-38(34,35)16-13-32/h4-7,11,14,20H,1-3,8-10,12-13,15-16H2,(H2,29,33). The minimum Gasteiger partial charge on any atom is -0.438 e. The molecule has 0 bridgehead atoms. The van der Waals surface area contributed by atoms with Crippen molar-refractivity contribution < 1.29 is 17.6 Å². The first kappa shape index (κ1) is 25.1. The van der Waals surface area contributed by atoms with Crippen LogP contribution < -0.4 is 10.6 Å². The molecule has 2 unspecified atom stereocenters. The van der Waals surface area contributed by atoms with E-state index in [0.29, 0.717) is 61.1 Å². The molecule has 2 N–H and O–H groups in total. The molecule has 3 aromatic rings. The van der Waals surface area contributed by atoms with Gasteiger partial charge in [-0.2, -0.15) is 5.26 Å². The number of oxazole rings is 1. The zero-order chi connectivity index (χ0) is 26.5. The largest absolute Gasteiger partial charge is 0.438 e. The van der Waals surface area contributed by atoms with Crippen LogP contribution in [-0.4, -0.2) is 48.9 Å². The minimum atomic E-state index is -2.97. The Labute approximate surface area is 225 Å². The number of carbonyl (C=O) groups is 1. The lowest BCUT2D eigenvalue weighted by Crippen LogP contribution is -2.50. The number of sulfone groups is 1. The third-order valence-electron chi connectivity index (χ3n) is 8.60. The van der Waals surface area contributed by atoms with E-state index in [9.17, 15) is 18.5 Å². The number of aromatic nitrogens is 2. The van der Waals surface area contributed by atoms with Crippen LogP contribution in [0.15, 0.2) is 40.3 Å². The Hall–Kier alpha value is -3.23. The molecule has 0 spiro atoms. The molecule has 11 heteroatoms. The van der Waals surface area contributed by atoms with Crippen molar-refractivity contribution in [1.82, 2.24) is 9.97 Å². The van der Waals surface area contributed by atoms with Gasteiger partial charge in [0.25, 0.3) is 5.89 Å². The highest BCUT2D eigenvalue weighted by Crippen LogP contribution is 2.68. The van der Waals surface area contributed by atoms with Crippen LogP contribution in [0, 0.1) is 22.2 Å². The molecule has 2 saturated carbocycles. The Kier molecular flexibility index (Phi) is 6.07. The van der Waals surface area contributed by atoms with Gasteiger partial charge in [0, 0.05) is 41.8 Å². The number of benzene rings is 1. The second-order valence-electron chi connectivity index (χ2n) is 10.6. The fourth-order valence-corrected chi connectivity index (χ4v) is 8.17. The lowest BCUT2D eigenvalue weighted by atomic mass is 9.56. The van der Waals surface area contributed by atoms with Crippen LogP contribution in [0.25, 0.3) is 22.2 Å². The first-order valence-electron chi connectivity index (χ1n) is 13.0. The lowest BCUT2D eigenvalue weighted by molar-refractivity contribution is -0.135. The van der Waals surface area contributed by atoms with Gasteiger partial charge in [0.15, 0.2) is 14.8 Å². The van der Waals surface area contributed by atoms with Crippen molar-refractivity contribution in [2.75, 3.05) is 29.5 Å². The monoisotopic (exact) mass is 551 g/mol. The van der Waals surface area contributed by atoms with Crippen LogP contribution in [0.3, 0.4) is 0 Å². The van der Waals surface area contributed by atoms with Gasteiger partial charge in [-0.1, -0.05) is 25.0 Å². The van der Waals surface area contributed by atoms with Crippen LogP contribution in [0.2, 0.25) is 0 Å². The van der Waals surface area contributed by atoms with Gasteiger partial charge in [-0.05, 0) is 37.8 Å². The lowest BCUT2D eigenvalue weighted by Gasteiger charge is -2.44. The Morgan fingerprint density at radius 2 is 1.89 bits per heavy atom. The predicted molar refractivity (Wildman–Crippen MR) is 144 cm³/mol. The van der Waals surface area contributed by atoms with Crippen molar-refractivity contribution in [3.05, 3.63) is 41.6 Å². The number of thiazole rings is 1. The zero-order valence-corrected chi connectivity index (χ0v) is 22.6. The van der Waals surface area contributed by atoms with E-state index in [0.717, 1.165) is 24.1 Å². The number of amides is 1. The number of rotatable bonds is 6. The van der Waals surface area contributed by atoms with E-state index < -0.39 is 26.6 Å². The first-order valence-corrected chi connectivity index (χ1v) is 15.7. The Balaban J connectivity index is 1.43. The van der Waals surface area contributed by atoms with Crippen LogP contribution in [0.5, 0.6) is 0 Å². The Morgan fingerprint density at radius 1 is 1.16 bits per heavy atom. The molecule has 1 amide bonds. The first-order chi connectivity index (χ1) is 18.3. The number of anilines is 1. The number of primary amides is 1. The van der Waals surface area contributed by atoms with E-state index in [2.05, 4.69) is 16.0 Å². The normalized spacial score (nSPS) is 26.0. The predicted octanol–water partition coefficient (Wildman–Crippen LogP) is 4.13. The maximum atomic E-state index is 13.2. The summed E-state index contributed by atoms with van der Waals surface area (Å²) in [5.74, 6) is 0.482.